The minimum atomic E-state index is -0.935. The van der Waals surface area contributed by atoms with E-state index in [1.54, 1.807) is 37.3 Å². The van der Waals surface area contributed by atoms with Gasteiger partial charge in [0.1, 0.15) is 5.56 Å². The number of aliphatic carboxylic acids is 1. The average molecular weight is 354 g/mol. The highest BCUT2D eigenvalue weighted by Gasteiger charge is 2.18. The van der Waals surface area contributed by atoms with Crippen molar-refractivity contribution in [2.24, 2.45) is 0 Å². The van der Waals surface area contributed by atoms with E-state index < -0.39 is 23.4 Å². The molecule has 0 radical (unpaired) electrons. The summed E-state index contributed by atoms with van der Waals surface area (Å²) < 4.78 is 0. The number of carboxylic acids is 1. The van der Waals surface area contributed by atoms with E-state index in [1.807, 2.05) is 0 Å². The zero-order valence-corrected chi connectivity index (χ0v) is 14.7. The molecular weight excluding hydrogens is 332 g/mol. The minimum absolute atomic E-state index is 0.0855. The van der Waals surface area contributed by atoms with Gasteiger partial charge in [-0.1, -0.05) is 18.6 Å². The topological polar surface area (TPSA) is 99.3 Å². The zero-order valence-electron chi connectivity index (χ0n) is 14.7. The fraction of sp³-hybridized carbons (Fsp3) is 0.350. The van der Waals surface area contributed by atoms with Crippen molar-refractivity contribution in [2.45, 2.75) is 44.9 Å². The van der Waals surface area contributed by atoms with Crippen molar-refractivity contribution in [1.82, 2.24) is 4.98 Å². The van der Waals surface area contributed by atoms with Crippen LogP contribution in [0.15, 0.2) is 35.1 Å². The predicted octanol–water partition coefficient (Wildman–Crippen LogP) is 3.08. The molecule has 1 aliphatic rings. The third-order valence-electron chi connectivity index (χ3n) is 4.85. The van der Waals surface area contributed by atoms with Gasteiger partial charge in [0.25, 0.3) is 11.5 Å². The second-order valence-corrected chi connectivity index (χ2v) is 6.72. The van der Waals surface area contributed by atoms with Crippen LogP contribution >= 0.6 is 0 Å². The zero-order chi connectivity index (χ0) is 18.7. The van der Waals surface area contributed by atoms with Crippen LogP contribution < -0.4 is 10.9 Å². The van der Waals surface area contributed by atoms with Gasteiger partial charge in [-0.05, 0) is 61.9 Å². The summed E-state index contributed by atoms with van der Waals surface area (Å²) in [5.74, 6) is -2.10. The Kier molecular flexibility index (Phi) is 5.21. The van der Waals surface area contributed by atoms with Crippen LogP contribution in [-0.2, 0) is 17.6 Å². The SMILES string of the molecule is CC(C(=O)O)c1cccc(NC(=O)c2cc3c([nH]c2=O)CCCCC3)c1. The van der Waals surface area contributed by atoms with Crippen LogP contribution in [0, 0.1) is 0 Å². The average Bonchev–Trinajstić information content (AvgIpc) is 2.85. The number of nitrogens with one attached hydrogen (secondary N) is 2. The Balaban J connectivity index is 1.85. The number of benzene rings is 1. The van der Waals surface area contributed by atoms with E-state index in [2.05, 4.69) is 10.3 Å². The lowest BCUT2D eigenvalue weighted by molar-refractivity contribution is -0.138. The molecule has 3 N–H and O–H groups in total. The molecule has 0 bridgehead atoms. The van der Waals surface area contributed by atoms with Gasteiger partial charge in [0.05, 0.1) is 5.92 Å². The second-order valence-electron chi connectivity index (χ2n) is 6.72. The van der Waals surface area contributed by atoms with Gasteiger partial charge >= 0.3 is 5.97 Å². The first-order chi connectivity index (χ1) is 12.5. The smallest absolute Gasteiger partial charge is 0.310 e. The lowest BCUT2D eigenvalue weighted by Gasteiger charge is -2.11. The van der Waals surface area contributed by atoms with Crippen molar-refractivity contribution >= 4 is 17.6 Å². The van der Waals surface area contributed by atoms with Crippen LogP contribution in [0.4, 0.5) is 5.69 Å². The molecule has 6 heteroatoms. The molecular formula is C20H22N2O4. The first-order valence-electron chi connectivity index (χ1n) is 8.85. The third kappa shape index (κ3) is 3.85. The van der Waals surface area contributed by atoms with Crippen LogP contribution in [0.3, 0.4) is 0 Å². The van der Waals surface area contributed by atoms with Crippen molar-refractivity contribution in [3.8, 4) is 0 Å². The molecule has 2 aromatic rings. The van der Waals surface area contributed by atoms with Gasteiger partial charge in [-0.2, -0.15) is 0 Å². The summed E-state index contributed by atoms with van der Waals surface area (Å²) in [5.41, 5.74) is 2.71. The van der Waals surface area contributed by atoms with Crippen molar-refractivity contribution in [3.63, 3.8) is 0 Å². The van der Waals surface area contributed by atoms with Gasteiger partial charge in [-0.15, -0.1) is 0 Å². The molecule has 0 aliphatic heterocycles. The summed E-state index contributed by atoms with van der Waals surface area (Å²) in [6.07, 6.45) is 4.91. The summed E-state index contributed by atoms with van der Waals surface area (Å²) >= 11 is 0. The molecule has 3 rings (SSSR count). The van der Waals surface area contributed by atoms with E-state index in [1.165, 1.54) is 0 Å². The number of carboxylic acid groups (broad SMARTS) is 1. The Morgan fingerprint density at radius 3 is 2.69 bits per heavy atom. The van der Waals surface area contributed by atoms with E-state index in [9.17, 15) is 14.4 Å². The molecule has 1 aromatic carbocycles. The molecule has 1 heterocycles. The third-order valence-corrected chi connectivity index (χ3v) is 4.85. The number of H-pyrrole nitrogens is 1. The van der Waals surface area contributed by atoms with Gasteiger partial charge < -0.3 is 15.4 Å². The number of carbonyl (C=O) groups is 2. The molecule has 1 aliphatic carbocycles. The maximum absolute atomic E-state index is 12.6. The molecule has 1 aromatic heterocycles. The van der Waals surface area contributed by atoms with Gasteiger partial charge in [0, 0.05) is 11.4 Å². The first kappa shape index (κ1) is 17.9. The van der Waals surface area contributed by atoms with Crippen LogP contribution in [0.2, 0.25) is 0 Å². The highest BCUT2D eigenvalue weighted by atomic mass is 16.4. The number of anilines is 1. The van der Waals surface area contributed by atoms with Crippen LogP contribution in [0.25, 0.3) is 0 Å². The molecule has 1 atom stereocenters. The number of pyridine rings is 1. The summed E-state index contributed by atoms with van der Waals surface area (Å²) in [6.45, 7) is 1.58. The number of aromatic nitrogens is 1. The summed E-state index contributed by atoms with van der Waals surface area (Å²) in [7, 11) is 0. The fourth-order valence-electron chi connectivity index (χ4n) is 3.25. The van der Waals surface area contributed by atoms with E-state index in [0.29, 0.717) is 11.3 Å². The number of carbonyl (C=O) groups excluding carboxylic acids is 1. The Labute approximate surface area is 151 Å². The van der Waals surface area contributed by atoms with E-state index in [4.69, 9.17) is 5.11 Å². The number of hydrogen-bond donors (Lipinski definition) is 3. The maximum atomic E-state index is 12.6. The van der Waals surface area contributed by atoms with Crippen molar-refractivity contribution < 1.29 is 14.7 Å². The highest BCUT2D eigenvalue weighted by molar-refractivity contribution is 6.04. The van der Waals surface area contributed by atoms with Gasteiger partial charge in [0.15, 0.2) is 0 Å². The lowest BCUT2D eigenvalue weighted by Crippen LogP contribution is -2.25. The Morgan fingerprint density at radius 2 is 1.92 bits per heavy atom. The van der Waals surface area contributed by atoms with Gasteiger partial charge in [-0.3, -0.25) is 14.4 Å². The molecule has 26 heavy (non-hydrogen) atoms. The van der Waals surface area contributed by atoms with Crippen molar-refractivity contribution in [2.75, 3.05) is 5.32 Å². The van der Waals surface area contributed by atoms with Crippen molar-refractivity contribution in [1.29, 1.82) is 0 Å². The normalized spacial score (nSPS) is 14.8. The number of fused-ring (bicyclic) bond motifs is 1. The Morgan fingerprint density at radius 1 is 1.15 bits per heavy atom. The van der Waals surface area contributed by atoms with Gasteiger partial charge in [0.2, 0.25) is 0 Å². The number of aromatic amines is 1. The van der Waals surface area contributed by atoms with Crippen LogP contribution in [0.1, 0.15) is 59.3 Å². The summed E-state index contributed by atoms with van der Waals surface area (Å²) in [4.78, 5) is 38.9. The molecule has 6 nitrogen and oxygen atoms in total. The second kappa shape index (κ2) is 7.56. The molecule has 0 spiro atoms. The first-order valence-corrected chi connectivity index (χ1v) is 8.85. The maximum Gasteiger partial charge on any atom is 0.310 e. The largest absolute Gasteiger partial charge is 0.481 e. The Hall–Kier alpha value is -2.89. The summed E-state index contributed by atoms with van der Waals surface area (Å²) in [6, 6.07) is 8.37. The number of hydrogen-bond acceptors (Lipinski definition) is 3. The number of aryl methyl sites for hydroxylation is 2. The molecule has 136 valence electrons. The molecule has 1 unspecified atom stereocenters. The quantitative estimate of drug-likeness (QED) is 0.735. The standard InChI is InChI=1S/C20H22N2O4/c1-12(20(25)26)13-7-5-8-15(10-13)21-18(23)16-11-14-6-3-2-4-9-17(14)22-19(16)24/h5,7-8,10-12H,2-4,6,9H2,1H3,(H,21,23)(H,22,24)(H,25,26). The summed E-state index contributed by atoms with van der Waals surface area (Å²) in [5, 5.41) is 11.8. The monoisotopic (exact) mass is 354 g/mol. The lowest BCUT2D eigenvalue weighted by atomic mass is 10.0. The molecule has 0 saturated carbocycles. The van der Waals surface area contributed by atoms with E-state index in [0.717, 1.165) is 43.4 Å². The van der Waals surface area contributed by atoms with Crippen molar-refractivity contribution in [3.05, 3.63) is 63.1 Å². The number of rotatable bonds is 4. The van der Waals surface area contributed by atoms with Crippen LogP contribution in [-0.4, -0.2) is 22.0 Å². The Bertz CT molecular complexity index is 901. The van der Waals surface area contributed by atoms with E-state index in [-0.39, 0.29) is 5.56 Å². The van der Waals surface area contributed by atoms with Crippen LogP contribution in [0.5, 0.6) is 0 Å². The highest BCUT2D eigenvalue weighted by Crippen LogP contribution is 2.21. The fourth-order valence-corrected chi connectivity index (χ4v) is 3.25. The predicted molar refractivity (Wildman–Crippen MR) is 98.8 cm³/mol. The molecule has 0 fully saturated rings. The van der Waals surface area contributed by atoms with E-state index >= 15 is 0 Å². The van der Waals surface area contributed by atoms with Gasteiger partial charge in [-0.25, -0.2) is 0 Å². The molecule has 0 saturated heterocycles. The minimum Gasteiger partial charge on any atom is -0.481 e. The molecule has 1 amide bonds. The number of amides is 1.